The van der Waals surface area contributed by atoms with Crippen molar-refractivity contribution < 1.29 is 30.3 Å². The highest BCUT2D eigenvalue weighted by Crippen LogP contribution is 2.44. The van der Waals surface area contributed by atoms with E-state index in [1.54, 1.807) is 30.3 Å². The minimum atomic E-state index is -0.986. The molecule has 0 unspecified atom stereocenters. The molecular formula is C19H14N4O8. The van der Waals surface area contributed by atoms with Crippen LogP contribution in [0.15, 0.2) is 59.7 Å². The number of hydrogen-bond donors (Lipinski definition) is 5. The Balaban J connectivity index is 2.16. The summed E-state index contributed by atoms with van der Waals surface area (Å²) in [5.74, 6) is -3.46. The number of nitro benzene ring substituents is 2. The summed E-state index contributed by atoms with van der Waals surface area (Å²) in [4.78, 5) is 20.6. The van der Waals surface area contributed by atoms with Crippen molar-refractivity contribution in [1.82, 2.24) is 0 Å². The quantitative estimate of drug-likeness (QED) is 0.129. The molecule has 3 aromatic carbocycles. The highest BCUT2D eigenvalue weighted by atomic mass is 16.6. The van der Waals surface area contributed by atoms with Crippen LogP contribution in [0, 0.1) is 20.2 Å². The number of phenols is 4. The SMILES string of the molecule is O=[N+]([O-])c1ccc(NN=C(c2ccccc2)c2cc(O)c(O)c(O)c2O)c([N+](=O)[O-])c1. The van der Waals surface area contributed by atoms with E-state index in [0.29, 0.717) is 5.56 Å². The topological polar surface area (TPSA) is 192 Å². The first-order chi connectivity index (χ1) is 14.7. The number of anilines is 1. The van der Waals surface area contributed by atoms with Gasteiger partial charge in [0.05, 0.1) is 21.5 Å². The van der Waals surface area contributed by atoms with Gasteiger partial charge in [0, 0.05) is 11.6 Å². The van der Waals surface area contributed by atoms with Crippen LogP contribution in [0.25, 0.3) is 0 Å². The van der Waals surface area contributed by atoms with Crippen LogP contribution in [0.1, 0.15) is 11.1 Å². The number of nitrogens with zero attached hydrogens (tertiary/aromatic N) is 3. The zero-order valence-corrected chi connectivity index (χ0v) is 15.5. The standard InChI is InChI=1S/C19H14N4O8/c24-15-9-12(17(25)19(27)18(15)26)16(10-4-2-1-3-5-10)21-20-13-7-6-11(22(28)29)8-14(13)23(30)31/h1-9,20,24-27H. The van der Waals surface area contributed by atoms with Crippen LogP contribution in [0.5, 0.6) is 23.0 Å². The van der Waals surface area contributed by atoms with Crippen LogP contribution in [-0.4, -0.2) is 36.0 Å². The van der Waals surface area contributed by atoms with Crippen LogP contribution in [0.3, 0.4) is 0 Å². The minimum absolute atomic E-state index is 0.0589. The number of nitro groups is 2. The van der Waals surface area contributed by atoms with Gasteiger partial charge in [-0.25, -0.2) is 0 Å². The van der Waals surface area contributed by atoms with Gasteiger partial charge < -0.3 is 20.4 Å². The molecule has 0 aliphatic rings. The Morgan fingerprint density at radius 2 is 1.52 bits per heavy atom. The molecule has 0 aliphatic heterocycles. The first-order valence-electron chi connectivity index (χ1n) is 8.50. The molecule has 0 saturated carbocycles. The van der Waals surface area contributed by atoms with Crippen LogP contribution in [0.4, 0.5) is 17.1 Å². The second-order valence-corrected chi connectivity index (χ2v) is 6.14. The third-order valence-corrected chi connectivity index (χ3v) is 4.21. The van der Waals surface area contributed by atoms with Crippen molar-refractivity contribution in [3.63, 3.8) is 0 Å². The van der Waals surface area contributed by atoms with E-state index in [4.69, 9.17) is 0 Å². The molecule has 0 amide bonds. The molecule has 158 valence electrons. The van der Waals surface area contributed by atoms with Gasteiger partial charge >= 0.3 is 5.69 Å². The summed E-state index contributed by atoms with van der Waals surface area (Å²) in [7, 11) is 0. The van der Waals surface area contributed by atoms with Crippen LogP contribution < -0.4 is 5.43 Å². The Morgan fingerprint density at radius 3 is 2.13 bits per heavy atom. The molecule has 0 bridgehead atoms. The van der Waals surface area contributed by atoms with E-state index in [-0.39, 0.29) is 17.0 Å². The van der Waals surface area contributed by atoms with Crippen molar-refractivity contribution in [1.29, 1.82) is 0 Å². The van der Waals surface area contributed by atoms with E-state index in [1.165, 1.54) is 0 Å². The molecule has 3 aromatic rings. The maximum absolute atomic E-state index is 11.3. The van der Waals surface area contributed by atoms with Gasteiger partial charge in [-0.1, -0.05) is 30.3 Å². The van der Waals surface area contributed by atoms with Gasteiger partial charge in [-0.15, -0.1) is 0 Å². The Bertz CT molecular complexity index is 1210. The fourth-order valence-electron chi connectivity index (χ4n) is 2.69. The largest absolute Gasteiger partial charge is 0.504 e. The molecule has 12 heteroatoms. The van der Waals surface area contributed by atoms with Crippen LogP contribution in [0.2, 0.25) is 0 Å². The number of hydrazone groups is 1. The molecule has 0 aliphatic carbocycles. The molecule has 0 aromatic heterocycles. The highest BCUT2D eigenvalue weighted by molar-refractivity contribution is 6.15. The first-order valence-corrected chi connectivity index (χ1v) is 8.50. The number of hydrogen-bond acceptors (Lipinski definition) is 10. The molecular weight excluding hydrogens is 412 g/mol. The number of phenolic OH excluding ortho intramolecular Hbond substituents is 4. The summed E-state index contributed by atoms with van der Waals surface area (Å²) in [6, 6.07) is 12.0. The van der Waals surface area contributed by atoms with Crippen molar-refractivity contribution in [2.24, 2.45) is 5.10 Å². The average molecular weight is 426 g/mol. The second-order valence-electron chi connectivity index (χ2n) is 6.14. The second kappa shape index (κ2) is 8.24. The summed E-state index contributed by atoms with van der Waals surface area (Å²) in [5.41, 5.74) is 1.25. The zero-order chi connectivity index (χ0) is 22.7. The zero-order valence-electron chi connectivity index (χ0n) is 15.5. The number of rotatable bonds is 6. The highest BCUT2D eigenvalue weighted by Gasteiger charge is 2.23. The maximum Gasteiger partial charge on any atom is 0.301 e. The van der Waals surface area contributed by atoms with Gasteiger partial charge in [0.2, 0.25) is 11.5 Å². The normalized spacial score (nSPS) is 11.2. The van der Waals surface area contributed by atoms with Gasteiger partial charge in [-0.3, -0.25) is 25.7 Å². The Hall–Kier alpha value is -4.87. The van der Waals surface area contributed by atoms with Crippen molar-refractivity contribution in [3.8, 4) is 23.0 Å². The predicted molar refractivity (Wildman–Crippen MR) is 109 cm³/mol. The third kappa shape index (κ3) is 4.12. The van der Waals surface area contributed by atoms with Gasteiger partial charge in [0.15, 0.2) is 11.5 Å². The lowest BCUT2D eigenvalue weighted by Crippen LogP contribution is -2.08. The molecule has 31 heavy (non-hydrogen) atoms. The fourth-order valence-corrected chi connectivity index (χ4v) is 2.69. The summed E-state index contributed by atoms with van der Waals surface area (Å²) >= 11 is 0. The lowest BCUT2D eigenvalue weighted by molar-refractivity contribution is -0.393. The monoisotopic (exact) mass is 426 g/mol. The number of nitrogens with one attached hydrogen (secondary N) is 1. The van der Waals surface area contributed by atoms with Crippen LogP contribution >= 0.6 is 0 Å². The lowest BCUT2D eigenvalue weighted by atomic mass is 10.0. The van der Waals surface area contributed by atoms with Crippen molar-refractivity contribution in [2.45, 2.75) is 0 Å². The molecule has 3 rings (SSSR count). The summed E-state index contributed by atoms with van der Waals surface area (Å²) in [6.45, 7) is 0. The molecule has 0 atom stereocenters. The Kier molecular flexibility index (Phi) is 5.55. The summed E-state index contributed by atoms with van der Waals surface area (Å²) in [5, 5.41) is 65.8. The van der Waals surface area contributed by atoms with E-state index < -0.39 is 44.2 Å². The smallest absolute Gasteiger partial charge is 0.301 e. The average Bonchev–Trinajstić information content (AvgIpc) is 2.76. The van der Waals surface area contributed by atoms with Gasteiger partial charge in [-0.05, 0) is 12.1 Å². The van der Waals surface area contributed by atoms with Crippen LogP contribution in [-0.2, 0) is 0 Å². The number of aromatic hydroxyl groups is 4. The van der Waals surface area contributed by atoms with Gasteiger partial charge in [-0.2, -0.15) is 5.10 Å². The van der Waals surface area contributed by atoms with E-state index in [0.717, 1.165) is 24.3 Å². The summed E-state index contributed by atoms with van der Waals surface area (Å²) in [6.07, 6.45) is 0. The third-order valence-electron chi connectivity index (χ3n) is 4.21. The lowest BCUT2D eigenvalue weighted by Gasteiger charge is -2.13. The Morgan fingerprint density at radius 1 is 0.839 bits per heavy atom. The molecule has 0 radical (unpaired) electrons. The molecule has 0 saturated heterocycles. The van der Waals surface area contributed by atoms with Crippen molar-refractivity contribution in [3.05, 3.63) is 86.0 Å². The Labute approximate surface area is 173 Å². The molecule has 0 fully saturated rings. The maximum atomic E-state index is 11.3. The van der Waals surface area contributed by atoms with Gasteiger partial charge in [0.25, 0.3) is 5.69 Å². The van der Waals surface area contributed by atoms with E-state index in [2.05, 4.69) is 10.5 Å². The molecule has 12 nitrogen and oxygen atoms in total. The van der Waals surface area contributed by atoms with Gasteiger partial charge in [0.1, 0.15) is 11.4 Å². The first kappa shape index (κ1) is 20.9. The predicted octanol–water partition coefficient (Wildman–Crippen LogP) is 3.19. The number of benzene rings is 3. The van der Waals surface area contributed by atoms with E-state index >= 15 is 0 Å². The molecule has 0 spiro atoms. The van der Waals surface area contributed by atoms with E-state index in [1.807, 2.05) is 0 Å². The molecule has 0 heterocycles. The summed E-state index contributed by atoms with van der Waals surface area (Å²) < 4.78 is 0. The number of non-ortho nitro benzene ring substituents is 1. The van der Waals surface area contributed by atoms with Crippen molar-refractivity contribution in [2.75, 3.05) is 5.43 Å². The van der Waals surface area contributed by atoms with Crippen molar-refractivity contribution >= 4 is 22.8 Å². The van der Waals surface area contributed by atoms with E-state index in [9.17, 15) is 40.7 Å². The molecule has 5 N–H and O–H groups in total. The minimum Gasteiger partial charge on any atom is -0.504 e. The fraction of sp³-hybridized carbons (Fsp3) is 0.